The number of aryl methyl sites for hydroxylation is 1. The Morgan fingerprint density at radius 2 is 1.52 bits per heavy atom. The van der Waals surface area contributed by atoms with Gasteiger partial charge in [0, 0.05) is 5.56 Å². The molecule has 1 aromatic carbocycles. The fourth-order valence-electron chi connectivity index (χ4n) is 2.47. The standard InChI is InChI=1S/C18H17Cl6N3/c1-3-5-6-7-11-8-9-13(12(4-2)10-11)14-25-15(17(19,20)21)27-16(26-14)18(22,23)24/h4,8-10H,2-3,5-7H2,1H3. The third-order valence-electron chi connectivity index (χ3n) is 3.79. The lowest BCUT2D eigenvalue weighted by atomic mass is 9.99. The van der Waals surface area contributed by atoms with Gasteiger partial charge in [-0.05, 0) is 24.0 Å². The number of hydrogen-bond acceptors (Lipinski definition) is 3. The molecule has 0 atom stereocenters. The summed E-state index contributed by atoms with van der Waals surface area (Å²) in [6.45, 7) is 6.04. The van der Waals surface area contributed by atoms with Crippen LogP contribution in [0.1, 0.15) is 49.0 Å². The molecule has 9 heteroatoms. The van der Waals surface area contributed by atoms with E-state index in [1.54, 1.807) is 6.08 Å². The summed E-state index contributed by atoms with van der Waals surface area (Å²) in [6, 6.07) is 5.93. The predicted octanol–water partition coefficient (Wildman–Crippen LogP) is 7.57. The van der Waals surface area contributed by atoms with Crippen molar-refractivity contribution in [3.05, 3.63) is 47.6 Å². The van der Waals surface area contributed by atoms with Crippen LogP contribution in [0.15, 0.2) is 24.8 Å². The number of alkyl halides is 6. The van der Waals surface area contributed by atoms with E-state index in [1.165, 1.54) is 12.0 Å². The van der Waals surface area contributed by atoms with E-state index >= 15 is 0 Å². The molecular formula is C18H17Cl6N3. The number of unbranched alkanes of at least 4 members (excludes halogenated alkanes) is 2. The first-order valence-electron chi connectivity index (χ1n) is 8.22. The summed E-state index contributed by atoms with van der Waals surface area (Å²) < 4.78 is -3.78. The second-order valence-electron chi connectivity index (χ2n) is 5.88. The van der Waals surface area contributed by atoms with Gasteiger partial charge in [-0.3, -0.25) is 0 Å². The minimum Gasteiger partial charge on any atom is -0.209 e. The van der Waals surface area contributed by atoms with Crippen molar-refractivity contribution in [1.82, 2.24) is 15.0 Å². The van der Waals surface area contributed by atoms with E-state index < -0.39 is 7.59 Å². The summed E-state index contributed by atoms with van der Waals surface area (Å²) in [4.78, 5) is 12.5. The molecule has 0 aliphatic carbocycles. The highest BCUT2D eigenvalue weighted by atomic mass is 35.6. The van der Waals surface area contributed by atoms with Crippen LogP contribution in [0.5, 0.6) is 0 Å². The summed E-state index contributed by atoms with van der Waals surface area (Å²) in [5.41, 5.74) is 2.71. The van der Waals surface area contributed by atoms with Crippen molar-refractivity contribution in [3.63, 3.8) is 0 Å². The zero-order valence-corrected chi connectivity index (χ0v) is 19.0. The lowest BCUT2D eigenvalue weighted by molar-refractivity contribution is 0.717. The third kappa shape index (κ3) is 6.35. The monoisotopic (exact) mass is 485 g/mol. The molecule has 146 valence electrons. The van der Waals surface area contributed by atoms with E-state index in [0.717, 1.165) is 24.8 Å². The number of aromatic nitrogens is 3. The Balaban J connectivity index is 2.54. The van der Waals surface area contributed by atoms with Crippen LogP contribution in [0.3, 0.4) is 0 Å². The van der Waals surface area contributed by atoms with Crippen LogP contribution in [-0.2, 0) is 14.0 Å². The Bertz CT molecular complexity index is 779. The molecule has 27 heavy (non-hydrogen) atoms. The molecule has 0 aliphatic rings. The molecule has 2 aromatic rings. The van der Waals surface area contributed by atoms with Crippen molar-refractivity contribution in [2.45, 2.75) is 40.2 Å². The Hall–Kier alpha value is -0.290. The van der Waals surface area contributed by atoms with Crippen molar-refractivity contribution < 1.29 is 0 Å². The molecule has 1 aromatic heterocycles. The van der Waals surface area contributed by atoms with Gasteiger partial charge in [-0.15, -0.1) is 0 Å². The van der Waals surface area contributed by atoms with E-state index in [4.69, 9.17) is 69.6 Å². The van der Waals surface area contributed by atoms with Crippen LogP contribution >= 0.6 is 69.6 Å². The number of nitrogens with zero attached hydrogens (tertiary/aromatic N) is 3. The Kier molecular flexibility index (Phi) is 8.07. The van der Waals surface area contributed by atoms with E-state index in [2.05, 4.69) is 28.5 Å². The molecule has 0 bridgehead atoms. The highest BCUT2D eigenvalue weighted by Gasteiger charge is 2.34. The zero-order chi connectivity index (χ0) is 20.2. The van der Waals surface area contributed by atoms with Crippen molar-refractivity contribution in [1.29, 1.82) is 0 Å². The first-order chi connectivity index (χ1) is 12.6. The van der Waals surface area contributed by atoms with Gasteiger partial charge in [0.2, 0.25) is 7.59 Å². The number of benzene rings is 1. The van der Waals surface area contributed by atoms with E-state index in [1.807, 2.05) is 18.2 Å². The second-order valence-corrected chi connectivity index (χ2v) is 10.4. The predicted molar refractivity (Wildman–Crippen MR) is 117 cm³/mol. The van der Waals surface area contributed by atoms with E-state index in [9.17, 15) is 0 Å². The van der Waals surface area contributed by atoms with Gasteiger partial charge in [-0.2, -0.15) is 0 Å². The molecule has 0 saturated carbocycles. The molecule has 1 heterocycles. The van der Waals surface area contributed by atoms with Gasteiger partial charge in [-0.25, -0.2) is 15.0 Å². The quantitative estimate of drug-likeness (QED) is 0.311. The topological polar surface area (TPSA) is 38.7 Å². The molecule has 0 fully saturated rings. The van der Waals surface area contributed by atoms with Gasteiger partial charge >= 0.3 is 0 Å². The maximum Gasteiger partial charge on any atom is 0.250 e. The average molecular weight is 488 g/mol. The molecule has 0 aliphatic heterocycles. The Morgan fingerprint density at radius 1 is 0.926 bits per heavy atom. The zero-order valence-electron chi connectivity index (χ0n) is 14.5. The molecule has 2 rings (SSSR count). The average Bonchev–Trinajstić information content (AvgIpc) is 2.60. The number of halogens is 6. The summed E-state index contributed by atoms with van der Waals surface area (Å²) in [5, 5.41) is 0. The largest absolute Gasteiger partial charge is 0.250 e. The molecule has 0 spiro atoms. The molecule has 0 amide bonds. The first-order valence-corrected chi connectivity index (χ1v) is 10.5. The van der Waals surface area contributed by atoms with Crippen LogP contribution in [0.4, 0.5) is 0 Å². The highest BCUT2D eigenvalue weighted by molar-refractivity contribution is 6.67. The lowest BCUT2D eigenvalue weighted by Crippen LogP contribution is -2.17. The van der Waals surface area contributed by atoms with Crippen molar-refractivity contribution in [2.24, 2.45) is 0 Å². The smallest absolute Gasteiger partial charge is 0.209 e. The van der Waals surface area contributed by atoms with Crippen molar-refractivity contribution >= 4 is 75.7 Å². The van der Waals surface area contributed by atoms with Gasteiger partial charge in [-0.1, -0.05) is 120 Å². The van der Waals surface area contributed by atoms with Gasteiger partial charge in [0.05, 0.1) is 0 Å². The Labute approximate surface area is 189 Å². The highest BCUT2D eigenvalue weighted by Crippen LogP contribution is 2.41. The third-order valence-corrected chi connectivity index (χ3v) is 4.80. The summed E-state index contributed by atoms with van der Waals surface area (Å²) in [5.74, 6) is -0.00984. The second kappa shape index (κ2) is 9.47. The van der Waals surface area contributed by atoms with Crippen LogP contribution in [0.2, 0.25) is 0 Å². The number of hydrogen-bond donors (Lipinski definition) is 0. The summed E-state index contributed by atoms with van der Waals surface area (Å²) >= 11 is 35.6. The maximum atomic E-state index is 5.94. The van der Waals surface area contributed by atoms with E-state index in [-0.39, 0.29) is 17.5 Å². The van der Waals surface area contributed by atoms with Gasteiger partial charge in [0.1, 0.15) is 0 Å². The molecular weight excluding hydrogens is 471 g/mol. The van der Waals surface area contributed by atoms with Gasteiger partial charge < -0.3 is 0 Å². The Morgan fingerprint density at radius 3 is 2.00 bits per heavy atom. The normalized spacial score (nSPS) is 12.3. The van der Waals surface area contributed by atoms with Crippen LogP contribution < -0.4 is 0 Å². The minimum atomic E-state index is -1.89. The molecule has 0 unspecified atom stereocenters. The van der Waals surface area contributed by atoms with Crippen molar-refractivity contribution in [2.75, 3.05) is 0 Å². The summed E-state index contributed by atoms with van der Waals surface area (Å²) in [6.07, 6.45) is 6.15. The fourth-order valence-corrected chi connectivity index (χ4v) is 2.98. The van der Waals surface area contributed by atoms with Crippen LogP contribution in [-0.4, -0.2) is 15.0 Å². The number of rotatable bonds is 6. The first kappa shape index (κ1) is 23.0. The lowest BCUT2D eigenvalue weighted by Gasteiger charge is -2.16. The molecule has 0 saturated heterocycles. The minimum absolute atomic E-state index is 0.124. The fraction of sp³-hybridized carbons (Fsp3) is 0.389. The van der Waals surface area contributed by atoms with Gasteiger partial charge in [0.15, 0.2) is 17.5 Å². The van der Waals surface area contributed by atoms with Crippen LogP contribution in [0.25, 0.3) is 17.5 Å². The summed E-state index contributed by atoms with van der Waals surface area (Å²) in [7, 11) is 0. The molecule has 3 nitrogen and oxygen atoms in total. The SMILES string of the molecule is C=Cc1cc(CCCCC)ccc1-c1nc(C(Cl)(Cl)Cl)nc(C(Cl)(Cl)Cl)n1. The van der Waals surface area contributed by atoms with Crippen LogP contribution in [0, 0.1) is 0 Å². The van der Waals surface area contributed by atoms with E-state index in [0.29, 0.717) is 5.56 Å². The maximum absolute atomic E-state index is 5.94. The molecule has 0 N–H and O–H groups in total. The van der Waals surface area contributed by atoms with Crippen molar-refractivity contribution in [3.8, 4) is 11.4 Å². The molecule has 0 radical (unpaired) electrons. The van der Waals surface area contributed by atoms with Gasteiger partial charge in [0.25, 0.3) is 0 Å².